The third-order valence-electron chi connectivity index (χ3n) is 5.75. The van der Waals surface area contributed by atoms with E-state index in [2.05, 4.69) is 38.8 Å². The van der Waals surface area contributed by atoms with E-state index < -0.39 is 0 Å². The number of ether oxygens (including phenoxy) is 2. The Bertz CT molecular complexity index is 1080. The van der Waals surface area contributed by atoms with Crippen LogP contribution in [0.1, 0.15) is 12.5 Å². The molecule has 1 N–H and O–H groups in total. The minimum Gasteiger partial charge on any atom is -0.497 e. The average Bonchev–Trinajstić information content (AvgIpc) is 2.79. The molecular formula is C23H29ClN4O3. The van der Waals surface area contributed by atoms with Crippen LogP contribution in [0.25, 0.3) is 22.3 Å². The summed E-state index contributed by atoms with van der Waals surface area (Å²) >= 11 is 0. The van der Waals surface area contributed by atoms with E-state index in [0.717, 1.165) is 44.8 Å². The lowest BCUT2D eigenvalue weighted by Crippen LogP contribution is -2.45. The highest BCUT2D eigenvalue weighted by Crippen LogP contribution is 2.28. The van der Waals surface area contributed by atoms with Crippen LogP contribution < -0.4 is 15.0 Å². The molecule has 4 rings (SSSR count). The van der Waals surface area contributed by atoms with Crippen molar-refractivity contribution in [1.82, 2.24) is 19.8 Å². The monoisotopic (exact) mass is 444 g/mol. The Kier molecular flexibility index (Phi) is 7.54. The molecule has 1 fully saturated rings. The summed E-state index contributed by atoms with van der Waals surface area (Å²) in [4.78, 5) is 25.2. The molecule has 1 aromatic heterocycles. The van der Waals surface area contributed by atoms with Crippen LogP contribution in [0, 0.1) is 0 Å². The number of benzene rings is 2. The molecule has 0 radical (unpaired) electrons. The Morgan fingerprint density at radius 2 is 1.68 bits per heavy atom. The van der Waals surface area contributed by atoms with E-state index in [1.54, 1.807) is 19.2 Å². The molecule has 7 nitrogen and oxygen atoms in total. The van der Waals surface area contributed by atoms with Crippen molar-refractivity contribution < 1.29 is 9.47 Å². The molecule has 0 spiro atoms. The molecule has 0 unspecified atom stereocenters. The molecule has 166 valence electrons. The van der Waals surface area contributed by atoms with Crippen LogP contribution in [0.15, 0.2) is 41.2 Å². The second kappa shape index (κ2) is 10.1. The van der Waals surface area contributed by atoms with E-state index in [4.69, 9.17) is 9.47 Å². The molecule has 3 aromatic rings. The summed E-state index contributed by atoms with van der Waals surface area (Å²) < 4.78 is 10.7. The summed E-state index contributed by atoms with van der Waals surface area (Å²) in [6.45, 7) is 8.72. The van der Waals surface area contributed by atoms with Gasteiger partial charge in [0.1, 0.15) is 22.7 Å². The molecule has 1 aliphatic heterocycles. The van der Waals surface area contributed by atoms with Crippen LogP contribution in [-0.2, 0) is 6.54 Å². The Morgan fingerprint density at radius 3 is 2.29 bits per heavy atom. The van der Waals surface area contributed by atoms with Crippen LogP contribution in [-0.4, -0.2) is 66.7 Å². The van der Waals surface area contributed by atoms with E-state index in [1.165, 1.54) is 12.7 Å². The van der Waals surface area contributed by atoms with Crippen LogP contribution in [0.5, 0.6) is 11.5 Å². The summed E-state index contributed by atoms with van der Waals surface area (Å²) in [5.74, 6) is 1.58. The van der Waals surface area contributed by atoms with Gasteiger partial charge in [0.15, 0.2) is 0 Å². The Labute approximate surface area is 188 Å². The van der Waals surface area contributed by atoms with Gasteiger partial charge in [0.25, 0.3) is 5.56 Å². The van der Waals surface area contributed by atoms with E-state index in [1.807, 2.05) is 12.1 Å². The van der Waals surface area contributed by atoms with Crippen molar-refractivity contribution in [2.45, 2.75) is 13.5 Å². The van der Waals surface area contributed by atoms with E-state index >= 15 is 0 Å². The number of H-pyrrole nitrogens is 1. The number of nitrogens with one attached hydrogen (secondary N) is 1. The fourth-order valence-electron chi connectivity index (χ4n) is 3.92. The molecule has 2 aromatic carbocycles. The highest BCUT2D eigenvalue weighted by molar-refractivity contribution is 5.87. The number of fused-ring (bicyclic) bond motifs is 1. The van der Waals surface area contributed by atoms with Crippen molar-refractivity contribution in [2.75, 3.05) is 46.9 Å². The molecule has 0 atom stereocenters. The lowest BCUT2D eigenvalue weighted by molar-refractivity contribution is 0.132. The fourth-order valence-corrected chi connectivity index (χ4v) is 3.92. The number of likely N-dealkylation sites (N-methyl/N-ethyl adjacent to an activating group) is 1. The fraction of sp³-hybridized carbons (Fsp3) is 0.391. The second-order valence-electron chi connectivity index (χ2n) is 7.55. The van der Waals surface area contributed by atoms with Gasteiger partial charge < -0.3 is 19.4 Å². The van der Waals surface area contributed by atoms with Gasteiger partial charge in [-0.2, -0.15) is 0 Å². The molecule has 8 heteroatoms. The first-order valence-corrected chi connectivity index (χ1v) is 10.3. The van der Waals surface area contributed by atoms with Crippen LogP contribution >= 0.6 is 12.4 Å². The van der Waals surface area contributed by atoms with Crippen molar-refractivity contribution in [1.29, 1.82) is 0 Å². The molecule has 1 saturated heterocycles. The molecule has 1 aliphatic rings. The predicted molar refractivity (Wildman–Crippen MR) is 126 cm³/mol. The maximum absolute atomic E-state index is 12.7. The minimum atomic E-state index is -0.229. The molecule has 2 heterocycles. The molecular weight excluding hydrogens is 416 g/mol. The Hall–Kier alpha value is -2.61. The highest BCUT2D eigenvalue weighted by atomic mass is 35.5. The zero-order valence-electron chi connectivity index (χ0n) is 18.2. The summed E-state index contributed by atoms with van der Waals surface area (Å²) in [6.07, 6.45) is 0. The van der Waals surface area contributed by atoms with Crippen molar-refractivity contribution >= 4 is 23.3 Å². The summed E-state index contributed by atoms with van der Waals surface area (Å²) in [6, 6.07) is 11.7. The number of methoxy groups -OCH3 is 2. The number of aromatic nitrogens is 2. The average molecular weight is 445 g/mol. The molecule has 0 saturated carbocycles. The van der Waals surface area contributed by atoms with Gasteiger partial charge >= 0.3 is 0 Å². The summed E-state index contributed by atoms with van der Waals surface area (Å²) in [5.41, 5.74) is 2.45. The smallest absolute Gasteiger partial charge is 0.262 e. The zero-order valence-corrected chi connectivity index (χ0v) is 19.0. The first-order valence-electron chi connectivity index (χ1n) is 10.3. The van der Waals surface area contributed by atoms with Gasteiger partial charge in [0.2, 0.25) is 0 Å². The van der Waals surface area contributed by atoms with Crippen molar-refractivity contribution in [3.05, 3.63) is 52.3 Å². The summed E-state index contributed by atoms with van der Waals surface area (Å²) in [5, 5.41) is 0.421. The lowest BCUT2D eigenvalue weighted by Gasteiger charge is -2.34. The van der Waals surface area contributed by atoms with Gasteiger partial charge in [-0.3, -0.25) is 9.69 Å². The lowest BCUT2D eigenvalue weighted by atomic mass is 10.1. The van der Waals surface area contributed by atoms with Crippen LogP contribution in [0.4, 0.5) is 0 Å². The molecule has 0 bridgehead atoms. The molecule has 0 amide bonds. The van der Waals surface area contributed by atoms with Gasteiger partial charge in [-0.25, -0.2) is 4.98 Å². The number of nitrogens with zero attached hydrogens (tertiary/aromatic N) is 3. The van der Waals surface area contributed by atoms with E-state index in [9.17, 15) is 4.79 Å². The maximum atomic E-state index is 12.7. The highest BCUT2D eigenvalue weighted by Gasteiger charge is 2.16. The number of piperazine rings is 1. The maximum Gasteiger partial charge on any atom is 0.262 e. The van der Waals surface area contributed by atoms with E-state index in [-0.39, 0.29) is 18.0 Å². The quantitative estimate of drug-likeness (QED) is 0.629. The standard InChI is InChI=1S/C23H28N4O3.ClH/c1-4-26-9-11-27(12-10-26)15-16-5-7-17(8-6-16)22-24-19-13-18(29-2)14-20(30-3)21(19)23(28)25-22;/h5-8,13-14H,4,9-12,15H2,1-3H3,(H,24,25,28);1H. The van der Waals surface area contributed by atoms with E-state index in [0.29, 0.717) is 28.2 Å². The topological polar surface area (TPSA) is 70.7 Å². The van der Waals surface area contributed by atoms with Gasteiger partial charge in [0.05, 0.1) is 19.7 Å². The van der Waals surface area contributed by atoms with Crippen LogP contribution in [0.3, 0.4) is 0 Å². The minimum absolute atomic E-state index is 0. The Morgan fingerprint density at radius 1 is 1.00 bits per heavy atom. The number of hydrogen-bond acceptors (Lipinski definition) is 6. The number of halogens is 1. The Balaban J connectivity index is 0.00000272. The predicted octanol–water partition coefficient (Wildman–Crippen LogP) is 3.17. The first-order chi connectivity index (χ1) is 14.6. The molecule has 31 heavy (non-hydrogen) atoms. The van der Waals surface area contributed by atoms with Crippen LogP contribution in [0.2, 0.25) is 0 Å². The van der Waals surface area contributed by atoms with Crippen molar-refractivity contribution in [3.63, 3.8) is 0 Å². The summed E-state index contributed by atoms with van der Waals surface area (Å²) in [7, 11) is 3.11. The largest absolute Gasteiger partial charge is 0.497 e. The molecule has 0 aliphatic carbocycles. The SMILES string of the molecule is CCN1CCN(Cc2ccc(-c3nc4cc(OC)cc(OC)c4c(=O)[nH]3)cc2)CC1.Cl. The van der Waals surface area contributed by atoms with Gasteiger partial charge in [0, 0.05) is 50.4 Å². The van der Waals surface area contributed by atoms with Crippen molar-refractivity contribution in [3.8, 4) is 22.9 Å². The van der Waals surface area contributed by atoms with Gasteiger partial charge in [-0.1, -0.05) is 31.2 Å². The van der Waals surface area contributed by atoms with Gasteiger partial charge in [-0.15, -0.1) is 12.4 Å². The third-order valence-corrected chi connectivity index (χ3v) is 5.75. The van der Waals surface area contributed by atoms with Crippen molar-refractivity contribution in [2.24, 2.45) is 0 Å². The van der Waals surface area contributed by atoms with Gasteiger partial charge in [-0.05, 0) is 12.1 Å². The number of aromatic amines is 1. The second-order valence-corrected chi connectivity index (χ2v) is 7.55. The first kappa shape index (κ1) is 23.1. The normalized spacial score (nSPS) is 14.9. The third kappa shape index (κ3) is 5.01. The number of hydrogen-bond donors (Lipinski definition) is 1. The number of rotatable bonds is 6. The zero-order chi connectivity index (χ0) is 21.1.